The van der Waals surface area contributed by atoms with Gasteiger partial charge in [0.15, 0.2) is 5.96 Å². The molecule has 0 aliphatic carbocycles. The van der Waals surface area contributed by atoms with Crippen LogP contribution in [-0.4, -0.2) is 69.4 Å². The van der Waals surface area contributed by atoms with E-state index in [0.29, 0.717) is 17.3 Å². The molecular weight excluding hydrogens is 376 g/mol. The van der Waals surface area contributed by atoms with Gasteiger partial charge in [-0.25, -0.2) is 0 Å². The molecule has 1 saturated heterocycles. The van der Waals surface area contributed by atoms with Gasteiger partial charge in [0, 0.05) is 25.3 Å². The van der Waals surface area contributed by atoms with Crippen molar-refractivity contribution in [2.75, 3.05) is 46.9 Å². The maximum absolute atomic E-state index is 6.22. The van der Waals surface area contributed by atoms with Gasteiger partial charge in [-0.05, 0) is 52.4 Å². The second kappa shape index (κ2) is 11.5. The van der Waals surface area contributed by atoms with Crippen LogP contribution in [0.1, 0.15) is 33.1 Å². The van der Waals surface area contributed by atoms with Crippen molar-refractivity contribution in [3.63, 3.8) is 0 Å². The molecule has 0 bridgehead atoms. The Morgan fingerprint density at radius 2 is 1.96 bits per heavy atom. The summed E-state index contributed by atoms with van der Waals surface area (Å²) in [6.07, 6.45) is 2.87. The largest absolute Gasteiger partial charge is 0.487 e. The Hall–Kier alpha value is -1.50. The SMILES string of the molecule is CCNC(=NCC1(N(C)C)CCOCC1)NCC(CC)Oc1ccccc1Cl. The summed E-state index contributed by atoms with van der Waals surface area (Å²) in [6, 6.07) is 7.58. The Kier molecular flexibility index (Phi) is 9.35. The molecule has 0 amide bonds. The van der Waals surface area contributed by atoms with Crippen molar-refractivity contribution in [3.8, 4) is 5.75 Å². The molecule has 6 nitrogen and oxygen atoms in total. The van der Waals surface area contributed by atoms with Crippen molar-refractivity contribution < 1.29 is 9.47 Å². The van der Waals surface area contributed by atoms with E-state index in [4.69, 9.17) is 26.1 Å². The van der Waals surface area contributed by atoms with Gasteiger partial charge in [-0.2, -0.15) is 0 Å². The highest BCUT2D eigenvalue weighted by Crippen LogP contribution is 2.26. The molecule has 0 radical (unpaired) electrons. The van der Waals surface area contributed by atoms with Gasteiger partial charge in [-0.3, -0.25) is 4.99 Å². The minimum Gasteiger partial charge on any atom is -0.487 e. The number of aliphatic imine (C=N–C) groups is 1. The number of nitrogens with one attached hydrogen (secondary N) is 2. The topological polar surface area (TPSA) is 58.1 Å². The van der Waals surface area contributed by atoms with Crippen molar-refractivity contribution in [1.82, 2.24) is 15.5 Å². The van der Waals surface area contributed by atoms with Gasteiger partial charge in [0.25, 0.3) is 0 Å². The molecule has 28 heavy (non-hydrogen) atoms. The fourth-order valence-electron chi connectivity index (χ4n) is 3.27. The number of likely N-dealkylation sites (N-methyl/N-ethyl adjacent to an activating group) is 1. The van der Waals surface area contributed by atoms with Crippen molar-refractivity contribution in [2.24, 2.45) is 4.99 Å². The number of hydrogen-bond acceptors (Lipinski definition) is 4. The van der Waals surface area contributed by atoms with E-state index in [1.165, 1.54) is 0 Å². The zero-order valence-electron chi connectivity index (χ0n) is 17.6. The molecular formula is C21H35ClN4O2. The van der Waals surface area contributed by atoms with Crippen LogP contribution in [0.25, 0.3) is 0 Å². The number of nitrogens with zero attached hydrogens (tertiary/aromatic N) is 2. The molecule has 1 heterocycles. The number of hydrogen-bond donors (Lipinski definition) is 2. The van der Waals surface area contributed by atoms with Crippen LogP contribution in [0.3, 0.4) is 0 Å². The van der Waals surface area contributed by atoms with Crippen LogP contribution in [0.5, 0.6) is 5.75 Å². The molecule has 7 heteroatoms. The number of ether oxygens (including phenoxy) is 2. The number of para-hydroxylation sites is 1. The minimum absolute atomic E-state index is 0.00893. The summed E-state index contributed by atoms with van der Waals surface area (Å²) < 4.78 is 11.6. The lowest BCUT2D eigenvalue weighted by atomic mass is 9.89. The Balaban J connectivity index is 1.98. The number of benzene rings is 1. The number of halogens is 1. The smallest absolute Gasteiger partial charge is 0.191 e. The normalized spacial score (nSPS) is 18.0. The summed E-state index contributed by atoms with van der Waals surface area (Å²) in [6.45, 7) is 7.97. The van der Waals surface area contributed by atoms with Gasteiger partial charge in [0.1, 0.15) is 11.9 Å². The second-order valence-electron chi connectivity index (χ2n) is 7.39. The van der Waals surface area contributed by atoms with E-state index >= 15 is 0 Å². The van der Waals surface area contributed by atoms with Crippen LogP contribution in [0.2, 0.25) is 5.02 Å². The minimum atomic E-state index is 0.00893. The summed E-state index contributed by atoms with van der Waals surface area (Å²) in [5, 5.41) is 7.40. The Bertz CT molecular complexity index is 618. The first-order valence-electron chi connectivity index (χ1n) is 10.2. The van der Waals surface area contributed by atoms with Crippen LogP contribution in [0.15, 0.2) is 29.3 Å². The summed E-state index contributed by atoms with van der Waals surface area (Å²) >= 11 is 6.22. The van der Waals surface area contributed by atoms with Gasteiger partial charge >= 0.3 is 0 Å². The molecule has 2 rings (SSSR count). The van der Waals surface area contributed by atoms with Crippen LogP contribution in [-0.2, 0) is 4.74 Å². The quantitative estimate of drug-likeness (QED) is 0.483. The molecule has 0 aromatic heterocycles. The average molecular weight is 411 g/mol. The molecule has 0 spiro atoms. The van der Waals surface area contributed by atoms with Crippen molar-refractivity contribution in [3.05, 3.63) is 29.3 Å². The van der Waals surface area contributed by atoms with Gasteiger partial charge in [-0.15, -0.1) is 0 Å². The zero-order chi connectivity index (χ0) is 20.4. The summed E-state index contributed by atoms with van der Waals surface area (Å²) in [4.78, 5) is 7.17. The Morgan fingerprint density at radius 1 is 1.25 bits per heavy atom. The highest BCUT2D eigenvalue weighted by Gasteiger charge is 2.34. The van der Waals surface area contributed by atoms with Crippen molar-refractivity contribution in [1.29, 1.82) is 0 Å². The fraction of sp³-hybridized carbons (Fsp3) is 0.667. The van der Waals surface area contributed by atoms with Gasteiger partial charge in [-0.1, -0.05) is 30.7 Å². The summed E-state index contributed by atoms with van der Waals surface area (Å²) in [5.74, 6) is 1.53. The lowest BCUT2D eigenvalue weighted by Gasteiger charge is -2.41. The first kappa shape index (κ1) is 22.8. The van der Waals surface area contributed by atoms with E-state index in [9.17, 15) is 0 Å². The summed E-state index contributed by atoms with van der Waals surface area (Å²) in [7, 11) is 4.26. The second-order valence-corrected chi connectivity index (χ2v) is 7.79. The Morgan fingerprint density at radius 3 is 2.57 bits per heavy atom. The van der Waals surface area contributed by atoms with E-state index in [0.717, 1.165) is 51.5 Å². The van der Waals surface area contributed by atoms with Crippen molar-refractivity contribution >= 4 is 17.6 Å². The number of rotatable bonds is 9. The molecule has 1 atom stereocenters. The number of guanidine groups is 1. The first-order chi connectivity index (χ1) is 13.5. The predicted octanol–water partition coefficient (Wildman–Crippen LogP) is 3.16. The Labute approximate surface area is 174 Å². The molecule has 2 N–H and O–H groups in total. The predicted molar refractivity (Wildman–Crippen MR) is 117 cm³/mol. The third-order valence-electron chi connectivity index (χ3n) is 5.33. The molecule has 1 aromatic carbocycles. The van der Waals surface area contributed by atoms with Crippen LogP contribution in [0.4, 0.5) is 0 Å². The first-order valence-corrected chi connectivity index (χ1v) is 10.6. The third-order valence-corrected chi connectivity index (χ3v) is 5.64. The standard InChI is InChI=1S/C21H35ClN4O2/c1-5-17(28-19-10-8-7-9-18(19)22)15-24-20(23-6-2)25-16-21(26(3)4)11-13-27-14-12-21/h7-10,17H,5-6,11-16H2,1-4H3,(H2,23,24,25). The van der Waals surface area contributed by atoms with Gasteiger partial charge < -0.3 is 25.0 Å². The fourth-order valence-corrected chi connectivity index (χ4v) is 3.45. The van der Waals surface area contributed by atoms with Crippen LogP contribution < -0.4 is 15.4 Å². The molecule has 1 unspecified atom stereocenters. The van der Waals surface area contributed by atoms with Gasteiger partial charge in [0.2, 0.25) is 0 Å². The molecule has 0 saturated carbocycles. The van der Waals surface area contributed by atoms with E-state index in [1.54, 1.807) is 0 Å². The van der Waals surface area contributed by atoms with Gasteiger partial charge in [0.05, 0.1) is 18.1 Å². The van der Waals surface area contributed by atoms with E-state index in [2.05, 4.69) is 43.5 Å². The highest BCUT2D eigenvalue weighted by molar-refractivity contribution is 6.32. The summed E-state index contributed by atoms with van der Waals surface area (Å²) in [5.41, 5.74) is 0.0544. The molecule has 1 fully saturated rings. The zero-order valence-corrected chi connectivity index (χ0v) is 18.4. The van der Waals surface area contributed by atoms with Crippen LogP contribution >= 0.6 is 11.6 Å². The molecule has 1 aliphatic rings. The molecule has 158 valence electrons. The van der Waals surface area contributed by atoms with E-state index < -0.39 is 0 Å². The van der Waals surface area contributed by atoms with Crippen LogP contribution in [0, 0.1) is 0 Å². The lowest BCUT2D eigenvalue weighted by Crippen LogP contribution is -2.52. The molecule has 1 aliphatic heterocycles. The van der Waals surface area contributed by atoms with E-state index in [1.807, 2.05) is 24.3 Å². The van der Waals surface area contributed by atoms with Crippen molar-refractivity contribution in [2.45, 2.75) is 44.8 Å². The van der Waals surface area contributed by atoms with E-state index in [-0.39, 0.29) is 11.6 Å². The third kappa shape index (κ3) is 6.54. The maximum Gasteiger partial charge on any atom is 0.191 e. The maximum atomic E-state index is 6.22. The molecule has 1 aromatic rings. The lowest BCUT2D eigenvalue weighted by molar-refractivity contribution is -0.00255. The highest BCUT2D eigenvalue weighted by atomic mass is 35.5. The monoisotopic (exact) mass is 410 g/mol. The average Bonchev–Trinajstić information content (AvgIpc) is 2.71.